The number of hydrogen-bond donors (Lipinski definition) is 0. The van der Waals surface area contributed by atoms with Crippen LogP contribution in [0.3, 0.4) is 0 Å². The van der Waals surface area contributed by atoms with Gasteiger partial charge in [0.25, 0.3) is 0 Å². The maximum Gasteiger partial charge on any atom is 0.246 e. The molecule has 1 aromatic carbocycles. The van der Waals surface area contributed by atoms with Crippen LogP contribution in [0.5, 0.6) is 0 Å². The largest absolute Gasteiger partial charge is 0.341 e. The van der Waals surface area contributed by atoms with Crippen molar-refractivity contribution in [1.82, 2.24) is 4.90 Å². The monoisotopic (exact) mass is 338 g/mol. The Bertz CT molecular complexity index is 655. The average molecular weight is 338 g/mol. The lowest BCUT2D eigenvalue weighted by Gasteiger charge is -2.36. The minimum absolute atomic E-state index is 0.123. The van der Waals surface area contributed by atoms with Crippen LogP contribution in [-0.4, -0.2) is 44.6 Å². The molecule has 1 aliphatic heterocycles. The Morgan fingerprint density at radius 2 is 1.91 bits per heavy atom. The quantitative estimate of drug-likeness (QED) is 0.847. The molecule has 0 radical (unpaired) electrons. The standard InChI is InChI=1S/C17H26N2O3S/c1-13-7-9-16(10-8-13)19(23(4,21)22)15(3)17(20)18-11-5-6-14(2)12-18/h7-10,14-15H,5-6,11-12H2,1-4H3/t14-,15+/m1/s1. The molecule has 1 fully saturated rings. The third-order valence-electron chi connectivity index (χ3n) is 4.32. The van der Waals surface area contributed by atoms with Crippen molar-refractivity contribution in [2.75, 3.05) is 23.7 Å². The molecule has 6 heteroatoms. The van der Waals surface area contributed by atoms with Crippen molar-refractivity contribution >= 4 is 21.6 Å². The van der Waals surface area contributed by atoms with Crippen molar-refractivity contribution in [3.05, 3.63) is 29.8 Å². The number of nitrogens with zero attached hydrogens (tertiary/aromatic N) is 2. The van der Waals surface area contributed by atoms with E-state index in [1.807, 2.05) is 19.1 Å². The maximum atomic E-state index is 12.8. The number of hydrogen-bond acceptors (Lipinski definition) is 3. The van der Waals surface area contributed by atoms with Gasteiger partial charge in [0, 0.05) is 13.1 Å². The highest BCUT2D eigenvalue weighted by Crippen LogP contribution is 2.24. The molecule has 23 heavy (non-hydrogen) atoms. The Kier molecular flexibility index (Phi) is 5.34. The third kappa shape index (κ3) is 4.25. The molecule has 0 aromatic heterocycles. The van der Waals surface area contributed by atoms with Gasteiger partial charge >= 0.3 is 0 Å². The molecular formula is C17H26N2O3S. The molecule has 0 aliphatic carbocycles. The van der Waals surface area contributed by atoms with E-state index in [9.17, 15) is 13.2 Å². The van der Waals surface area contributed by atoms with Gasteiger partial charge in [-0.2, -0.15) is 0 Å². The fraction of sp³-hybridized carbons (Fsp3) is 0.588. The number of anilines is 1. The summed E-state index contributed by atoms with van der Waals surface area (Å²) < 4.78 is 25.8. The number of rotatable bonds is 4. The predicted octanol–water partition coefficient (Wildman–Crippen LogP) is 2.41. The first-order chi connectivity index (χ1) is 10.7. The number of carbonyl (C=O) groups is 1. The zero-order chi connectivity index (χ0) is 17.2. The summed E-state index contributed by atoms with van der Waals surface area (Å²) in [6, 6.07) is 6.47. The van der Waals surface area contributed by atoms with E-state index in [1.54, 1.807) is 24.0 Å². The van der Waals surface area contributed by atoms with E-state index in [2.05, 4.69) is 6.92 Å². The molecule has 0 N–H and O–H groups in total. The van der Waals surface area contributed by atoms with Crippen molar-refractivity contribution in [2.45, 2.75) is 39.7 Å². The molecule has 0 saturated carbocycles. The van der Waals surface area contributed by atoms with E-state index in [1.165, 1.54) is 4.31 Å². The van der Waals surface area contributed by atoms with Crippen molar-refractivity contribution < 1.29 is 13.2 Å². The summed E-state index contributed by atoms with van der Waals surface area (Å²) in [5.74, 6) is 0.341. The molecule has 5 nitrogen and oxygen atoms in total. The summed E-state index contributed by atoms with van der Waals surface area (Å²) in [4.78, 5) is 14.6. The first-order valence-electron chi connectivity index (χ1n) is 8.05. The van der Waals surface area contributed by atoms with E-state index in [-0.39, 0.29) is 5.91 Å². The van der Waals surface area contributed by atoms with Crippen molar-refractivity contribution in [1.29, 1.82) is 0 Å². The van der Waals surface area contributed by atoms with Gasteiger partial charge in [0.15, 0.2) is 0 Å². The topological polar surface area (TPSA) is 57.7 Å². The summed E-state index contributed by atoms with van der Waals surface area (Å²) in [5, 5.41) is 0. The lowest BCUT2D eigenvalue weighted by Crippen LogP contribution is -2.51. The van der Waals surface area contributed by atoms with Crippen LogP contribution in [-0.2, 0) is 14.8 Å². The summed E-state index contributed by atoms with van der Waals surface area (Å²) in [6.45, 7) is 7.15. The Morgan fingerprint density at radius 1 is 1.30 bits per heavy atom. The molecule has 1 aromatic rings. The van der Waals surface area contributed by atoms with Crippen LogP contribution in [0.2, 0.25) is 0 Å². The molecule has 1 heterocycles. The summed E-state index contributed by atoms with van der Waals surface area (Å²) in [7, 11) is -3.54. The summed E-state index contributed by atoms with van der Waals surface area (Å²) in [6.07, 6.45) is 3.24. The van der Waals surface area contributed by atoms with E-state index in [4.69, 9.17) is 0 Å². The molecule has 1 amide bonds. The maximum absolute atomic E-state index is 12.8. The smallest absolute Gasteiger partial charge is 0.246 e. The van der Waals surface area contributed by atoms with E-state index < -0.39 is 16.1 Å². The van der Waals surface area contributed by atoms with Gasteiger partial charge in [-0.25, -0.2) is 8.42 Å². The molecule has 1 aliphatic rings. The van der Waals surface area contributed by atoms with Crippen LogP contribution >= 0.6 is 0 Å². The van der Waals surface area contributed by atoms with Crippen LogP contribution in [0, 0.1) is 12.8 Å². The highest BCUT2D eigenvalue weighted by atomic mass is 32.2. The Hall–Kier alpha value is -1.56. The fourth-order valence-corrected chi connectivity index (χ4v) is 4.32. The highest BCUT2D eigenvalue weighted by molar-refractivity contribution is 7.92. The zero-order valence-electron chi connectivity index (χ0n) is 14.3. The second kappa shape index (κ2) is 6.91. The van der Waals surface area contributed by atoms with Crippen LogP contribution < -0.4 is 4.31 Å². The van der Waals surface area contributed by atoms with Crippen molar-refractivity contribution in [3.63, 3.8) is 0 Å². The number of benzene rings is 1. The number of carbonyl (C=O) groups excluding carboxylic acids is 1. The van der Waals surface area contributed by atoms with Gasteiger partial charge in [0.1, 0.15) is 6.04 Å². The molecule has 128 valence electrons. The first-order valence-corrected chi connectivity index (χ1v) is 9.90. The third-order valence-corrected chi connectivity index (χ3v) is 5.57. The van der Waals surface area contributed by atoms with Crippen LogP contribution in [0.1, 0.15) is 32.3 Å². The van der Waals surface area contributed by atoms with E-state index in [0.29, 0.717) is 24.7 Å². The van der Waals surface area contributed by atoms with Gasteiger partial charge in [-0.15, -0.1) is 0 Å². The lowest BCUT2D eigenvalue weighted by atomic mass is 10.00. The Balaban J connectivity index is 2.28. The highest BCUT2D eigenvalue weighted by Gasteiger charge is 2.33. The number of likely N-dealkylation sites (tertiary alicyclic amines) is 1. The van der Waals surface area contributed by atoms with E-state index in [0.717, 1.165) is 24.7 Å². The number of amides is 1. The number of piperidine rings is 1. The van der Waals surface area contributed by atoms with Gasteiger partial charge in [0.2, 0.25) is 15.9 Å². The molecule has 0 bridgehead atoms. The van der Waals surface area contributed by atoms with Crippen LogP contribution in [0.25, 0.3) is 0 Å². The van der Waals surface area contributed by atoms with Crippen LogP contribution in [0.4, 0.5) is 5.69 Å². The minimum Gasteiger partial charge on any atom is -0.341 e. The summed E-state index contributed by atoms with van der Waals surface area (Å²) in [5.41, 5.74) is 1.58. The van der Waals surface area contributed by atoms with Crippen molar-refractivity contribution in [2.24, 2.45) is 5.92 Å². The number of sulfonamides is 1. The Labute approximate surface area is 139 Å². The van der Waals surface area contributed by atoms with Crippen molar-refractivity contribution in [3.8, 4) is 0 Å². The summed E-state index contributed by atoms with van der Waals surface area (Å²) >= 11 is 0. The molecule has 2 atom stereocenters. The van der Waals surface area contributed by atoms with Gasteiger partial charge in [-0.05, 0) is 44.7 Å². The molecule has 0 spiro atoms. The van der Waals surface area contributed by atoms with Gasteiger partial charge < -0.3 is 4.90 Å². The predicted molar refractivity (Wildman–Crippen MR) is 92.9 cm³/mol. The zero-order valence-corrected chi connectivity index (χ0v) is 15.1. The normalized spacial score (nSPS) is 20.2. The van der Waals surface area contributed by atoms with Gasteiger partial charge in [-0.1, -0.05) is 24.6 Å². The molecule has 2 rings (SSSR count). The van der Waals surface area contributed by atoms with Gasteiger partial charge in [-0.3, -0.25) is 9.10 Å². The number of aryl methyl sites for hydroxylation is 1. The van der Waals surface area contributed by atoms with Gasteiger partial charge in [0.05, 0.1) is 11.9 Å². The second-order valence-electron chi connectivity index (χ2n) is 6.60. The minimum atomic E-state index is -3.54. The Morgan fingerprint density at radius 3 is 2.43 bits per heavy atom. The van der Waals surface area contributed by atoms with E-state index >= 15 is 0 Å². The molecule has 1 saturated heterocycles. The lowest BCUT2D eigenvalue weighted by molar-refractivity contribution is -0.133. The molecular weight excluding hydrogens is 312 g/mol. The van der Waals surface area contributed by atoms with Crippen LogP contribution in [0.15, 0.2) is 24.3 Å². The SMILES string of the molecule is Cc1ccc(N([C@@H](C)C(=O)N2CCC[C@@H](C)C2)S(C)(=O)=O)cc1. The molecule has 0 unspecified atom stereocenters. The first kappa shape index (κ1) is 17.8. The fourth-order valence-electron chi connectivity index (χ4n) is 3.15. The average Bonchev–Trinajstić information content (AvgIpc) is 2.47. The second-order valence-corrected chi connectivity index (χ2v) is 8.46.